The molecule has 0 fully saturated rings. The van der Waals surface area contributed by atoms with E-state index in [-0.39, 0.29) is 12.1 Å². The van der Waals surface area contributed by atoms with E-state index >= 15 is 0 Å². The molecule has 2 aromatic rings. The predicted molar refractivity (Wildman–Crippen MR) is 77.6 cm³/mol. The van der Waals surface area contributed by atoms with Crippen LogP contribution in [-0.2, 0) is 12.7 Å². The molecule has 0 atom stereocenters. The SMILES string of the molecule is Cc1ccc(NCc2ccccc2C(F)(F)F)cc1Br. The van der Waals surface area contributed by atoms with Crippen LogP contribution in [0.5, 0.6) is 0 Å². The maximum Gasteiger partial charge on any atom is 0.416 e. The van der Waals surface area contributed by atoms with Gasteiger partial charge in [-0.25, -0.2) is 0 Å². The Labute approximate surface area is 123 Å². The largest absolute Gasteiger partial charge is 0.416 e. The minimum absolute atomic E-state index is 0.130. The average Bonchev–Trinajstić information content (AvgIpc) is 2.39. The molecule has 0 bridgehead atoms. The van der Waals surface area contributed by atoms with E-state index in [1.807, 2.05) is 25.1 Å². The van der Waals surface area contributed by atoms with Crippen LogP contribution in [0.4, 0.5) is 18.9 Å². The minimum Gasteiger partial charge on any atom is -0.381 e. The van der Waals surface area contributed by atoms with Crippen molar-refractivity contribution in [3.8, 4) is 0 Å². The quantitative estimate of drug-likeness (QED) is 0.787. The van der Waals surface area contributed by atoms with Crippen molar-refractivity contribution in [2.75, 3.05) is 5.32 Å². The lowest BCUT2D eigenvalue weighted by Gasteiger charge is -2.14. The number of alkyl halides is 3. The summed E-state index contributed by atoms with van der Waals surface area (Å²) in [5.74, 6) is 0. The molecule has 0 aliphatic carbocycles. The lowest BCUT2D eigenvalue weighted by molar-refractivity contribution is -0.138. The number of hydrogen-bond donors (Lipinski definition) is 1. The Morgan fingerprint density at radius 1 is 1.10 bits per heavy atom. The van der Waals surface area contributed by atoms with E-state index in [4.69, 9.17) is 0 Å². The lowest BCUT2D eigenvalue weighted by Crippen LogP contribution is -2.11. The zero-order valence-corrected chi connectivity index (χ0v) is 12.3. The van der Waals surface area contributed by atoms with E-state index in [0.29, 0.717) is 0 Å². The standard InChI is InChI=1S/C15H13BrF3N/c1-10-6-7-12(8-14(10)16)20-9-11-4-2-3-5-13(11)15(17,18)19/h2-8,20H,9H2,1H3. The van der Waals surface area contributed by atoms with E-state index in [9.17, 15) is 13.2 Å². The van der Waals surface area contributed by atoms with Gasteiger partial charge in [-0.15, -0.1) is 0 Å². The summed E-state index contributed by atoms with van der Waals surface area (Å²) in [4.78, 5) is 0. The summed E-state index contributed by atoms with van der Waals surface area (Å²) < 4.78 is 39.5. The molecule has 0 saturated heterocycles. The molecule has 0 spiro atoms. The molecule has 0 aliphatic rings. The molecule has 0 heterocycles. The number of anilines is 1. The van der Waals surface area contributed by atoms with Crippen LogP contribution in [0.25, 0.3) is 0 Å². The van der Waals surface area contributed by atoms with Crippen LogP contribution in [0.2, 0.25) is 0 Å². The van der Waals surface area contributed by atoms with Crippen molar-refractivity contribution in [1.29, 1.82) is 0 Å². The third-order valence-electron chi connectivity index (χ3n) is 2.98. The molecule has 5 heteroatoms. The maximum atomic E-state index is 12.9. The predicted octanol–water partition coefficient (Wildman–Crippen LogP) is 5.39. The smallest absolute Gasteiger partial charge is 0.381 e. The minimum atomic E-state index is -4.33. The zero-order chi connectivity index (χ0) is 14.8. The molecule has 0 aliphatic heterocycles. The molecule has 2 aromatic carbocycles. The van der Waals surface area contributed by atoms with Crippen LogP contribution < -0.4 is 5.32 Å². The number of halogens is 4. The molecule has 0 amide bonds. The van der Waals surface area contributed by atoms with E-state index in [2.05, 4.69) is 21.2 Å². The van der Waals surface area contributed by atoms with Gasteiger partial charge in [-0.3, -0.25) is 0 Å². The van der Waals surface area contributed by atoms with Crippen molar-refractivity contribution in [3.63, 3.8) is 0 Å². The highest BCUT2D eigenvalue weighted by Crippen LogP contribution is 2.32. The van der Waals surface area contributed by atoms with E-state index < -0.39 is 11.7 Å². The Kier molecular flexibility index (Phi) is 4.38. The van der Waals surface area contributed by atoms with Crippen molar-refractivity contribution in [2.45, 2.75) is 19.6 Å². The molecule has 1 nitrogen and oxygen atoms in total. The van der Waals surface area contributed by atoms with Crippen LogP contribution >= 0.6 is 15.9 Å². The van der Waals surface area contributed by atoms with Gasteiger partial charge in [0.2, 0.25) is 0 Å². The fourth-order valence-electron chi connectivity index (χ4n) is 1.85. The van der Waals surface area contributed by atoms with Gasteiger partial charge in [-0.1, -0.05) is 40.2 Å². The first-order valence-corrected chi connectivity index (χ1v) is 6.82. The van der Waals surface area contributed by atoms with Gasteiger partial charge in [0.25, 0.3) is 0 Å². The second-order valence-electron chi connectivity index (χ2n) is 4.47. The summed E-state index contributed by atoms with van der Waals surface area (Å²) >= 11 is 3.40. The Morgan fingerprint density at radius 3 is 2.45 bits per heavy atom. The number of aryl methyl sites for hydroxylation is 1. The molecule has 0 unspecified atom stereocenters. The molecule has 1 N–H and O–H groups in total. The molecule has 2 rings (SSSR count). The first-order valence-electron chi connectivity index (χ1n) is 6.03. The lowest BCUT2D eigenvalue weighted by atomic mass is 10.1. The van der Waals surface area contributed by atoms with Crippen molar-refractivity contribution < 1.29 is 13.2 Å². The van der Waals surface area contributed by atoms with E-state index in [1.54, 1.807) is 6.07 Å². The molecule has 20 heavy (non-hydrogen) atoms. The Hall–Kier alpha value is -1.49. The first kappa shape index (κ1) is 14.9. The third kappa shape index (κ3) is 3.54. The second kappa shape index (κ2) is 5.87. The molecule has 0 aromatic heterocycles. The van der Waals surface area contributed by atoms with Gasteiger partial charge in [0, 0.05) is 16.7 Å². The van der Waals surface area contributed by atoms with Crippen LogP contribution in [0.1, 0.15) is 16.7 Å². The summed E-state index contributed by atoms with van der Waals surface area (Å²) in [5.41, 5.74) is 1.49. The van der Waals surface area contributed by atoms with Crippen molar-refractivity contribution in [3.05, 3.63) is 63.6 Å². The third-order valence-corrected chi connectivity index (χ3v) is 3.83. The van der Waals surface area contributed by atoms with Gasteiger partial charge >= 0.3 is 6.18 Å². The number of rotatable bonds is 3. The highest BCUT2D eigenvalue weighted by atomic mass is 79.9. The zero-order valence-electron chi connectivity index (χ0n) is 10.8. The fraction of sp³-hybridized carbons (Fsp3) is 0.200. The second-order valence-corrected chi connectivity index (χ2v) is 5.33. The summed E-state index contributed by atoms with van der Waals surface area (Å²) in [6.07, 6.45) is -4.33. The topological polar surface area (TPSA) is 12.0 Å². The Morgan fingerprint density at radius 2 is 1.80 bits per heavy atom. The van der Waals surface area contributed by atoms with Crippen LogP contribution in [-0.4, -0.2) is 0 Å². The maximum absolute atomic E-state index is 12.9. The van der Waals surface area contributed by atoms with Gasteiger partial charge in [-0.2, -0.15) is 13.2 Å². The first-order chi connectivity index (χ1) is 9.38. The monoisotopic (exact) mass is 343 g/mol. The molecular formula is C15H13BrF3N. The number of benzene rings is 2. The highest BCUT2D eigenvalue weighted by molar-refractivity contribution is 9.10. The van der Waals surface area contributed by atoms with Crippen LogP contribution in [0, 0.1) is 6.92 Å². The number of nitrogens with one attached hydrogen (secondary N) is 1. The van der Waals surface area contributed by atoms with Gasteiger partial charge in [-0.05, 0) is 36.2 Å². The van der Waals surface area contributed by atoms with Crippen LogP contribution in [0.15, 0.2) is 46.9 Å². The van der Waals surface area contributed by atoms with Gasteiger partial charge in [0.1, 0.15) is 0 Å². The van der Waals surface area contributed by atoms with Crippen molar-refractivity contribution in [1.82, 2.24) is 0 Å². The average molecular weight is 344 g/mol. The Bertz CT molecular complexity index is 608. The van der Waals surface area contributed by atoms with E-state index in [1.165, 1.54) is 12.1 Å². The fourth-order valence-corrected chi connectivity index (χ4v) is 2.23. The molecular weight excluding hydrogens is 331 g/mol. The normalized spacial score (nSPS) is 11.4. The molecule has 0 radical (unpaired) electrons. The van der Waals surface area contributed by atoms with Gasteiger partial charge in [0.05, 0.1) is 5.56 Å². The number of hydrogen-bond acceptors (Lipinski definition) is 1. The molecule has 106 valence electrons. The highest BCUT2D eigenvalue weighted by Gasteiger charge is 2.32. The van der Waals surface area contributed by atoms with Gasteiger partial charge < -0.3 is 5.32 Å². The summed E-state index contributed by atoms with van der Waals surface area (Å²) in [5, 5.41) is 3.01. The summed E-state index contributed by atoms with van der Waals surface area (Å²) in [6.45, 7) is 2.08. The summed E-state index contributed by atoms with van der Waals surface area (Å²) in [7, 11) is 0. The van der Waals surface area contributed by atoms with Gasteiger partial charge in [0.15, 0.2) is 0 Å². The van der Waals surface area contributed by atoms with Crippen molar-refractivity contribution >= 4 is 21.6 Å². The van der Waals surface area contributed by atoms with E-state index in [0.717, 1.165) is 21.8 Å². The Balaban J connectivity index is 2.17. The summed E-state index contributed by atoms with van der Waals surface area (Å²) in [6, 6.07) is 11.2. The van der Waals surface area contributed by atoms with Crippen molar-refractivity contribution in [2.24, 2.45) is 0 Å². The van der Waals surface area contributed by atoms with Crippen LogP contribution in [0.3, 0.4) is 0 Å². The molecule has 0 saturated carbocycles.